The first kappa shape index (κ1) is 40.1. The SMILES string of the molecule is CC(C)(ON=C(C(=O)N[C@@H]1C(=O)N2C(C(=O)O)=C(C[n+]3ccc4c(ccn4Cc4ccc(C(N)=NOC5CCNCC5)cc4F)c3)CS[C@H]12)c1csc(N)n1)C(=O)O. The van der Waals surface area contributed by atoms with Crippen molar-refractivity contribution < 1.29 is 48.0 Å². The van der Waals surface area contributed by atoms with E-state index >= 15 is 4.39 Å². The molecule has 0 radical (unpaired) electrons. The maximum absolute atomic E-state index is 15.3. The van der Waals surface area contributed by atoms with Gasteiger partial charge in [-0.25, -0.2) is 23.5 Å². The Hall–Kier alpha value is -6.06. The number of thiazole rings is 1. The molecule has 7 rings (SSSR count). The predicted molar refractivity (Wildman–Crippen MR) is 211 cm³/mol. The Morgan fingerprint density at radius 3 is 2.64 bits per heavy atom. The molecule has 0 saturated carbocycles. The molecule has 3 aliphatic rings. The fraction of sp³-hybridized carbons (Fsp3) is 0.351. The van der Waals surface area contributed by atoms with Crippen LogP contribution in [0.3, 0.4) is 0 Å². The second-order valence-electron chi connectivity index (χ2n) is 14.3. The van der Waals surface area contributed by atoms with Crippen LogP contribution in [0.15, 0.2) is 75.9 Å². The van der Waals surface area contributed by atoms with Gasteiger partial charge in [-0.2, -0.15) is 0 Å². The van der Waals surface area contributed by atoms with Crippen LogP contribution in [0.4, 0.5) is 9.52 Å². The third kappa shape index (κ3) is 8.31. The van der Waals surface area contributed by atoms with Gasteiger partial charge >= 0.3 is 11.9 Å². The Morgan fingerprint density at radius 2 is 1.95 bits per heavy atom. The zero-order valence-electron chi connectivity index (χ0n) is 31.3. The predicted octanol–water partition coefficient (Wildman–Crippen LogP) is 1.57. The van der Waals surface area contributed by atoms with E-state index in [-0.39, 0.29) is 47.3 Å². The molecule has 3 aliphatic heterocycles. The van der Waals surface area contributed by atoms with E-state index in [4.69, 9.17) is 21.1 Å². The number of aliphatic carboxylic acids is 2. The molecule has 1 aromatic carbocycles. The Morgan fingerprint density at radius 1 is 1.17 bits per heavy atom. The number of carbonyl (C=O) groups excluding carboxylic acids is 2. The van der Waals surface area contributed by atoms with Gasteiger partial charge in [-0.1, -0.05) is 22.4 Å². The third-order valence-electron chi connectivity index (χ3n) is 9.81. The number of nitrogens with zero attached hydrogens (tertiary/aromatic N) is 6. The Bertz CT molecular complexity index is 2390. The lowest BCUT2D eigenvalue weighted by molar-refractivity contribution is -0.687. The van der Waals surface area contributed by atoms with E-state index in [1.165, 1.54) is 37.1 Å². The van der Waals surface area contributed by atoms with E-state index in [0.29, 0.717) is 16.7 Å². The Kier molecular flexibility index (Phi) is 11.4. The van der Waals surface area contributed by atoms with E-state index in [0.717, 1.165) is 53.1 Å². The minimum atomic E-state index is -1.79. The van der Waals surface area contributed by atoms with Crippen LogP contribution >= 0.6 is 23.1 Å². The molecule has 304 valence electrons. The summed E-state index contributed by atoms with van der Waals surface area (Å²) in [4.78, 5) is 66.9. The van der Waals surface area contributed by atoms with Gasteiger partial charge in [0, 0.05) is 40.1 Å². The van der Waals surface area contributed by atoms with Gasteiger partial charge in [-0.15, -0.1) is 23.1 Å². The number of carboxylic acids is 2. The summed E-state index contributed by atoms with van der Waals surface area (Å²) in [5, 5.41) is 34.9. The highest BCUT2D eigenvalue weighted by Crippen LogP contribution is 2.40. The molecule has 0 bridgehead atoms. The summed E-state index contributed by atoms with van der Waals surface area (Å²) in [5.74, 6) is -4.28. The number of anilines is 1. The second kappa shape index (κ2) is 16.4. The minimum absolute atomic E-state index is 0.00515. The summed E-state index contributed by atoms with van der Waals surface area (Å²) < 4.78 is 19.0. The zero-order chi connectivity index (χ0) is 41.3. The number of nitrogen functional groups attached to an aromatic ring is 1. The lowest BCUT2D eigenvalue weighted by atomic mass is 10.0. The Balaban J connectivity index is 1.03. The summed E-state index contributed by atoms with van der Waals surface area (Å²) in [5.41, 5.74) is 11.6. The number of benzene rings is 1. The number of nitrogens with two attached hydrogens (primary N) is 2. The van der Waals surface area contributed by atoms with Gasteiger partial charge in [0.1, 0.15) is 34.7 Å². The number of halogens is 1. The highest BCUT2D eigenvalue weighted by molar-refractivity contribution is 8.00. The molecule has 3 aromatic heterocycles. The first-order valence-corrected chi connectivity index (χ1v) is 20.0. The number of oxime groups is 2. The number of hydrogen-bond donors (Lipinski definition) is 6. The average molecular weight is 836 g/mol. The number of thioether (sulfide) groups is 1. The maximum Gasteiger partial charge on any atom is 0.352 e. The number of carboxylic acid groups (broad SMARTS) is 2. The number of carbonyl (C=O) groups is 4. The van der Waals surface area contributed by atoms with Crippen molar-refractivity contribution in [1.29, 1.82) is 0 Å². The van der Waals surface area contributed by atoms with Gasteiger partial charge in [-0.3, -0.25) is 14.5 Å². The first-order chi connectivity index (χ1) is 27.7. The van der Waals surface area contributed by atoms with E-state index in [9.17, 15) is 29.4 Å². The number of hydrogen-bond acceptors (Lipinski definition) is 13. The van der Waals surface area contributed by atoms with Crippen molar-refractivity contribution >= 4 is 74.4 Å². The Labute approximate surface area is 338 Å². The van der Waals surface area contributed by atoms with Crippen molar-refractivity contribution in [3.8, 4) is 0 Å². The van der Waals surface area contributed by atoms with Crippen molar-refractivity contribution in [3.63, 3.8) is 0 Å². The van der Waals surface area contributed by atoms with Crippen LogP contribution in [0, 0.1) is 5.82 Å². The van der Waals surface area contributed by atoms with Crippen molar-refractivity contribution in [2.24, 2.45) is 16.0 Å². The molecule has 58 heavy (non-hydrogen) atoms. The molecule has 2 fully saturated rings. The number of β-lactam (4-membered cyclic amide) rings is 1. The molecule has 2 amide bonds. The van der Waals surface area contributed by atoms with Crippen molar-refractivity contribution in [2.75, 3.05) is 24.6 Å². The largest absolute Gasteiger partial charge is 0.478 e. The van der Waals surface area contributed by atoms with E-state index in [2.05, 4.69) is 25.9 Å². The molecule has 18 nitrogen and oxygen atoms in total. The van der Waals surface area contributed by atoms with Crippen LogP contribution in [0.2, 0.25) is 0 Å². The number of pyridine rings is 1. The highest BCUT2D eigenvalue weighted by Gasteiger charge is 2.55. The molecule has 0 spiro atoms. The first-order valence-electron chi connectivity index (χ1n) is 18.1. The molecule has 0 unspecified atom stereocenters. The average Bonchev–Trinajstić information content (AvgIpc) is 3.81. The number of amides is 2. The molecule has 2 atom stereocenters. The zero-order valence-corrected chi connectivity index (χ0v) is 32.9. The van der Waals surface area contributed by atoms with E-state index < -0.39 is 52.3 Å². The van der Waals surface area contributed by atoms with Gasteiger partial charge in [0.25, 0.3) is 11.8 Å². The van der Waals surface area contributed by atoms with Crippen LogP contribution in [0.1, 0.15) is 43.5 Å². The summed E-state index contributed by atoms with van der Waals surface area (Å²) in [6.45, 7) is 4.56. The highest BCUT2D eigenvalue weighted by atomic mass is 32.2. The quantitative estimate of drug-likeness (QED) is 0.0347. The summed E-state index contributed by atoms with van der Waals surface area (Å²) >= 11 is 2.29. The number of rotatable bonds is 14. The molecule has 4 aromatic rings. The fourth-order valence-corrected chi connectivity index (χ4v) is 8.45. The van der Waals surface area contributed by atoms with Crippen LogP contribution in [0.25, 0.3) is 10.9 Å². The van der Waals surface area contributed by atoms with Gasteiger partial charge in [0.2, 0.25) is 5.60 Å². The van der Waals surface area contributed by atoms with Crippen LogP contribution in [-0.2, 0) is 41.9 Å². The summed E-state index contributed by atoms with van der Waals surface area (Å²) in [7, 11) is 0. The van der Waals surface area contributed by atoms with Crippen LogP contribution in [0.5, 0.6) is 0 Å². The molecule has 21 heteroatoms. The number of nitrogens with one attached hydrogen (secondary N) is 2. The minimum Gasteiger partial charge on any atom is -0.478 e. The normalized spacial score (nSPS) is 19.2. The number of fused-ring (bicyclic) bond motifs is 2. The molecular formula is C37H40FN10O8S2+. The third-order valence-corrected chi connectivity index (χ3v) is 11.8. The standard InChI is InChI=1S/C37H39FN10O8S2/c1-37(2,35(53)54)56-44-27(25-18-58-36(40)42-25)31(49)43-28-32(50)48-29(34(51)52)22(17-57-33(28)48)15-46-11-8-26-21(14-46)7-12-47(26)16-20-4-3-19(13-24(20)38)30(39)45-55-23-5-9-41-10-6-23/h3-4,7-8,11-14,18,23,28,33,41H,5-6,9-10,15-17H2,1-2H3,(H6-,39,40,42,43,45,49,51,52,53,54)/p+1/t28-,33-/m1/s1. The molecule has 0 aliphatic carbocycles. The molecule has 8 N–H and O–H groups in total. The summed E-state index contributed by atoms with van der Waals surface area (Å²) in [6.07, 6.45) is 7.06. The smallest absolute Gasteiger partial charge is 0.352 e. The maximum atomic E-state index is 15.3. The lowest BCUT2D eigenvalue weighted by Crippen LogP contribution is -2.71. The molecule has 6 heterocycles. The van der Waals surface area contributed by atoms with Crippen molar-refractivity contribution in [2.45, 2.75) is 62.9 Å². The number of piperidine rings is 1. The van der Waals surface area contributed by atoms with Crippen LogP contribution in [-0.4, -0.2) is 102 Å². The fourth-order valence-electron chi connectivity index (χ4n) is 6.56. The molecule has 2 saturated heterocycles. The van der Waals surface area contributed by atoms with Gasteiger partial charge < -0.3 is 46.6 Å². The topological polar surface area (TPSA) is 253 Å². The number of amidine groups is 1. The number of aromatic nitrogens is 3. The van der Waals surface area contributed by atoms with Crippen molar-refractivity contribution in [1.82, 2.24) is 25.1 Å². The van der Waals surface area contributed by atoms with E-state index in [1.54, 1.807) is 22.9 Å². The second-order valence-corrected chi connectivity index (χ2v) is 16.3. The monoisotopic (exact) mass is 835 g/mol. The van der Waals surface area contributed by atoms with Crippen LogP contribution < -0.4 is 26.7 Å². The van der Waals surface area contributed by atoms with Crippen molar-refractivity contribution in [3.05, 3.63) is 88.2 Å². The lowest BCUT2D eigenvalue weighted by Gasteiger charge is -2.49. The van der Waals surface area contributed by atoms with Gasteiger partial charge in [0.15, 0.2) is 35.6 Å². The van der Waals surface area contributed by atoms with Gasteiger partial charge in [0.05, 0.1) is 17.4 Å². The van der Waals surface area contributed by atoms with Gasteiger partial charge in [-0.05, 0) is 51.9 Å². The summed E-state index contributed by atoms with van der Waals surface area (Å²) in [6, 6.07) is 7.31. The molecular weight excluding hydrogens is 796 g/mol. The van der Waals surface area contributed by atoms with E-state index in [1.807, 2.05) is 29.1 Å².